The summed E-state index contributed by atoms with van der Waals surface area (Å²) >= 11 is 0. The van der Waals surface area contributed by atoms with Crippen LogP contribution in [0.5, 0.6) is 0 Å². The number of benzene rings is 1. The van der Waals surface area contributed by atoms with Crippen molar-refractivity contribution in [1.82, 2.24) is 20.4 Å². The van der Waals surface area contributed by atoms with Crippen molar-refractivity contribution in [2.75, 3.05) is 18.0 Å². The van der Waals surface area contributed by atoms with Gasteiger partial charge in [-0.2, -0.15) is 0 Å². The van der Waals surface area contributed by atoms with Crippen LogP contribution in [0.2, 0.25) is 0 Å². The minimum atomic E-state index is -0.147. The Morgan fingerprint density at radius 2 is 1.91 bits per heavy atom. The topological polar surface area (TPSA) is 84.2 Å². The lowest BCUT2D eigenvalue weighted by Gasteiger charge is -2.33. The molecule has 166 valence electrons. The van der Waals surface area contributed by atoms with Crippen molar-refractivity contribution in [1.29, 1.82) is 0 Å². The van der Waals surface area contributed by atoms with Crippen molar-refractivity contribution in [3.8, 4) is 11.3 Å². The average Bonchev–Trinajstić information content (AvgIpc) is 3.59. The van der Waals surface area contributed by atoms with E-state index in [0.29, 0.717) is 5.92 Å². The molecule has 2 aromatic heterocycles. The van der Waals surface area contributed by atoms with Gasteiger partial charge in [-0.3, -0.25) is 4.79 Å². The summed E-state index contributed by atoms with van der Waals surface area (Å²) < 4.78 is 5.47. The fraction of sp³-hybridized carbons (Fsp3) is 0.440. The molecule has 7 heteroatoms. The summed E-state index contributed by atoms with van der Waals surface area (Å²) in [6.07, 6.45) is 5.97. The molecule has 2 aliphatic rings. The Balaban J connectivity index is 1.22. The molecule has 0 spiro atoms. The van der Waals surface area contributed by atoms with Gasteiger partial charge in [-0.1, -0.05) is 35.5 Å². The van der Waals surface area contributed by atoms with E-state index < -0.39 is 0 Å². The zero-order valence-corrected chi connectivity index (χ0v) is 18.6. The number of nitrogens with one attached hydrogen (secondary N) is 1. The van der Waals surface area contributed by atoms with Crippen LogP contribution in [0.1, 0.15) is 61.4 Å². The molecule has 7 nitrogen and oxygen atoms in total. The molecule has 5 rings (SSSR count). The molecular weight excluding hydrogens is 402 g/mol. The lowest BCUT2D eigenvalue weighted by Crippen LogP contribution is -2.46. The van der Waals surface area contributed by atoms with Gasteiger partial charge >= 0.3 is 0 Å². The summed E-state index contributed by atoms with van der Waals surface area (Å²) in [6.45, 7) is 5.54. The number of hydrogen-bond acceptors (Lipinski definition) is 6. The molecule has 1 aromatic carbocycles. The summed E-state index contributed by atoms with van der Waals surface area (Å²) in [5, 5.41) is 7.25. The van der Waals surface area contributed by atoms with E-state index in [0.717, 1.165) is 73.0 Å². The summed E-state index contributed by atoms with van der Waals surface area (Å²) in [5.74, 6) is 1.94. The molecule has 1 saturated carbocycles. The Morgan fingerprint density at radius 1 is 1.16 bits per heavy atom. The molecule has 3 heterocycles. The summed E-state index contributed by atoms with van der Waals surface area (Å²) in [6, 6.07) is 12.1. The van der Waals surface area contributed by atoms with E-state index in [4.69, 9.17) is 9.51 Å². The molecule has 2 fully saturated rings. The maximum atomic E-state index is 12.7. The van der Waals surface area contributed by atoms with E-state index in [9.17, 15) is 4.79 Å². The van der Waals surface area contributed by atoms with E-state index in [-0.39, 0.29) is 17.9 Å². The Bertz CT molecular complexity index is 1080. The van der Waals surface area contributed by atoms with Crippen molar-refractivity contribution >= 4 is 11.9 Å². The standard InChI is InChI=1S/C25H29N5O2/c1-16-14-22(32-29-16)21-15-26-25(28-23(21)19-8-9-19)30-12-10-20(11-13-30)27-24(31)17(2)18-6-4-3-5-7-18/h3-7,14-15,17,19-20H,8-13H2,1-2H3,(H,27,31)/t17-/m0/s1. The van der Waals surface area contributed by atoms with Gasteiger partial charge in [0, 0.05) is 37.3 Å². The number of carbonyl (C=O) groups is 1. The van der Waals surface area contributed by atoms with Crippen LogP contribution in [0.25, 0.3) is 11.3 Å². The first-order valence-corrected chi connectivity index (χ1v) is 11.5. The Hall–Kier alpha value is -3.22. The van der Waals surface area contributed by atoms with Crippen LogP contribution in [0.15, 0.2) is 47.1 Å². The molecule has 1 amide bonds. The number of rotatable bonds is 6. The summed E-state index contributed by atoms with van der Waals surface area (Å²) in [7, 11) is 0. The van der Waals surface area contributed by atoms with Crippen LogP contribution >= 0.6 is 0 Å². The number of nitrogens with zero attached hydrogens (tertiary/aromatic N) is 4. The van der Waals surface area contributed by atoms with Crippen LogP contribution in [0, 0.1) is 6.92 Å². The molecule has 1 atom stereocenters. The average molecular weight is 432 g/mol. The fourth-order valence-corrected chi connectivity index (χ4v) is 4.33. The van der Waals surface area contributed by atoms with Gasteiger partial charge in [0.2, 0.25) is 11.9 Å². The molecule has 3 aromatic rings. The zero-order chi connectivity index (χ0) is 22.1. The van der Waals surface area contributed by atoms with Crippen LogP contribution in [-0.2, 0) is 4.79 Å². The lowest BCUT2D eigenvalue weighted by molar-refractivity contribution is -0.123. The number of amides is 1. The SMILES string of the molecule is Cc1cc(-c2cnc(N3CCC(NC(=O)[C@@H](C)c4ccccc4)CC3)nc2C2CC2)on1. The third-order valence-corrected chi connectivity index (χ3v) is 6.48. The van der Waals surface area contributed by atoms with Gasteiger partial charge in [0.1, 0.15) is 0 Å². The minimum Gasteiger partial charge on any atom is -0.356 e. The number of anilines is 1. The van der Waals surface area contributed by atoms with Gasteiger partial charge in [0.05, 0.1) is 22.9 Å². The van der Waals surface area contributed by atoms with Crippen LogP contribution in [0.3, 0.4) is 0 Å². The normalized spacial score (nSPS) is 17.9. The van der Waals surface area contributed by atoms with Gasteiger partial charge in [-0.25, -0.2) is 9.97 Å². The maximum Gasteiger partial charge on any atom is 0.227 e. The Morgan fingerprint density at radius 3 is 2.56 bits per heavy atom. The molecule has 1 aliphatic carbocycles. The predicted octanol–water partition coefficient (Wildman–Crippen LogP) is 4.21. The molecule has 1 N–H and O–H groups in total. The van der Waals surface area contributed by atoms with E-state index in [2.05, 4.69) is 20.4 Å². The third-order valence-electron chi connectivity index (χ3n) is 6.48. The molecule has 0 bridgehead atoms. The largest absolute Gasteiger partial charge is 0.356 e. The predicted molar refractivity (Wildman–Crippen MR) is 122 cm³/mol. The van der Waals surface area contributed by atoms with Crippen molar-refractivity contribution in [2.24, 2.45) is 0 Å². The molecule has 0 radical (unpaired) electrons. The number of carbonyl (C=O) groups excluding carboxylic acids is 1. The van der Waals surface area contributed by atoms with Crippen molar-refractivity contribution in [3.63, 3.8) is 0 Å². The van der Waals surface area contributed by atoms with Crippen molar-refractivity contribution in [3.05, 3.63) is 59.5 Å². The first-order valence-electron chi connectivity index (χ1n) is 11.5. The Kier molecular flexibility index (Phi) is 5.64. The van der Waals surface area contributed by atoms with Crippen LogP contribution in [-0.4, -0.2) is 40.2 Å². The van der Waals surface area contributed by atoms with Crippen LogP contribution < -0.4 is 10.2 Å². The highest BCUT2D eigenvalue weighted by molar-refractivity contribution is 5.83. The molecule has 1 aliphatic heterocycles. The number of piperidine rings is 1. The third kappa shape index (κ3) is 4.38. The Labute approximate surface area is 188 Å². The van der Waals surface area contributed by atoms with Gasteiger partial charge in [-0.15, -0.1) is 0 Å². The molecular formula is C25H29N5O2. The second-order valence-electron chi connectivity index (χ2n) is 8.98. The quantitative estimate of drug-likeness (QED) is 0.630. The van der Waals surface area contributed by atoms with Crippen molar-refractivity contribution < 1.29 is 9.32 Å². The summed E-state index contributed by atoms with van der Waals surface area (Å²) in [5.41, 5.74) is 3.93. The first kappa shape index (κ1) is 20.7. The van der Waals surface area contributed by atoms with E-state index in [1.165, 1.54) is 0 Å². The monoisotopic (exact) mass is 431 g/mol. The highest BCUT2D eigenvalue weighted by Crippen LogP contribution is 2.43. The highest BCUT2D eigenvalue weighted by atomic mass is 16.5. The highest BCUT2D eigenvalue weighted by Gasteiger charge is 2.31. The zero-order valence-electron chi connectivity index (χ0n) is 18.6. The summed E-state index contributed by atoms with van der Waals surface area (Å²) in [4.78, 5) is 24.5. The van der Waals surface area contributed by atoms with E-state index in [1.807, 2.05) is 56.4 Å². The van der Waals surface area contributed by atoms with Gasteiger partial charge in [-0.05, 0) is 45.1 Å². The van der Waals surface area contributed by atoms with Gasteiger partial charge in [0.25, 0.3) is 0 Å². The van der Waals surface area contributed by atoms with Gasteiger partial charge < -0.3 is 14.7 Å². The van der Waals surface area contributed by atoms with E-state index in [1.54, 1.807) is 0 Å². The smallest absolute Gasteiger partial charge is 0.227 e. The van der Waals surface area contributed by atoms with Crippen LogP contribution in [0.4, 0.5) is 5.95 Å². The molecule has 32 heavy (non-hydrogen) atoms. The lowest BCUT2D eigenvalue weighted by atomic mass is 9.98. The second-order valence-corrected chi connectivity index (χ2v) is 8.98. The number of aromatic nitrogens is 3. The van der Waals surface area contributed by atoms with Gasteiger partial charge in [0.15, 0.2) is 5.76 Å². The molecule has 0 unspecified atom stereocenters. The number of aryl methyl sites for hydroxylation is 1. The number of hydrogen-bond donors (Lipinski definition) is 1. The molecule has 1 saturated heterocycles. The maximum absolute atomic E-state index is 12.7. The first-order chi connectivity index (χ1) is 15.6. The fourth-order valence-electron chi connectivity index (χ4n) is 4.33. The second kappa shape index (κ2) is 8.73. The van der Waals surface area contributed by atoms with Crippen molar-refractivity contribution in [2.45, 2.75) is 57.4 Å². The minimum absolute atomic E-state index is 0.0913. The van der Waals surface area contributed by atoms with E-state index >= 15 is 0 Å².